The molecule has 0 amide bonds. The number of nitrogens with zero attached hydrogens (tertiary/aromatic N) is 2. The second-order valence-corrected chi connectivity index (χ2v) is 5.19. The molecule has 0 saturated heterocycles. The van der Waals surface area contributed by atoms with Crippen LogP contribution in [0.15, 0.2) is 28.9 Å². The fourth-order valence-corrected chi connectivity index (χ4v) is 2.58. The molecule has 0 aliphatic rings. The first-order valence-electron chi connectivity index (χ1n) is 5.71. The maximum absolute atomic E-state index is 8.96. The number of anilines is 3. The molecule has 1 aromatic heterocycles. The van der Waals surface area contributed by atoms with Gasteiger partial charge in [0.1, 0.15) is 6.07 Å². The van der Waals surface area contributed by atoms with E-state index in [-0.39, 0.29) is 0 Å². The maximum atomic E-state index is 8.96. The third-order valence-electron chi connectivity index (χ3n) is 2.85. The molecule has 0 bridgehead atoms. The molecule has 1 aromatic carbocycles. The summed E-state index contributed by atoms with van der Waals surface area (Å²) in [6, 6.07) is 7.67. The van der Waals surface area contributed by atoms with E-state index in [4.69, 9.17) is 11.0 Å². The van der Waals surface area contributed by atoms with E-state index in [1.165, 1.54) is 0 Å². The molecule has 1 heterocycles. The van der Waals surface area contributed by atoms with Gasteiger partial charge in [-0.15, -0.1) is 0 Å². The molecule has 0 aliphatic heterocycles. The molecule has 0 spiro atoms. The summed E-state index contributed by atoms with van der Waals surface area (Å²) in [5.41, 5.74) is 9.82. The number of benzene rings is 1. The highest BCUT2D eigenvalue weighted by Crippen LogP contribution is 2.30. The number of halogens is 1. The first-order valence-corrected chi connectivity index (χ1v) is 6.50. The van der Waals surface area contributed by atoms with Crippen molar-refractivity contribution in [2.75, 3.05) is 11.1 Å². The van der Waals surface area contributed by atoms with Gasteiger partial charge in [0.25, 0.3) is 0 Å². The Hall–Kier alpha value is -2.06. The van der Waals surface area contributed by atoms with Crippen molar-refractivity contribution in [3.8, 4) is 6.07 Å². The average molecular weight is 317 g/mol. The predicted molar refractivity (Wildman–Crippen MR) is 80.3 cm³/mol. The Kier molecular flexibility index (Phi) is 3.72. The maximum Gasteiger partial charge on any atom is 0.154 e. The topological polar surface area (TPSA) is 74.7 Å². The van der Waals surface area contributed by atoms with Gasteiger partial charge >= 0.3 is 0 Å². The lowest BCUT2D eigenvalue weighted by molar-refractivity contribution is 1.27. The van der Waals surface area contributed by atoms with Crippen molar-refractivity contribution in [1.29, 1.82) is 5.26 Å². The number of nitrogen functional groups attached to an aromatic ring is 1. The summed E-state index contributed by atoms with van der Waals surface area (Å²) < 4.78 is 1.03. The number of nitrogens with one attached hydrogen (secondary N) is 1. The van der Waals surface area contributed by atoms with Crippen LogP contribution in [0.5, 0.6) is 0 Å². The Morgan fingerprint density at radius 1 is 1.32 bits per heavy atom. The van der Waals surface area contributed by atoms with Crippen LogP contribution in [0.3, 0.4) is 0 Å². The van der Waals surface area contributed by atoms with E-state index in [0.717, 1.165) is 21.3 Å². The van der Waals surface area contributed by atoms with Crippen molar-refractivity contribution in [3.05, 3.63) is 45.6 Å². The van der Waals surface area contributed by atoms with Crippen LogP contribution in [0.4, 0.5) is 17.2 Å². The predicted octanol–water partition coefficient (Wildman–Crippen LogP) is 3.66. The zero-order valence-electron chi connectivity index (χ0n) is 10.7. The zero-order chi connectivity index (χ0) is 14.0. The lowest BCUT2D eigenvalue weighted by Crippen LogP contribution is -2.03. The standard InChI is InChI=1S/C14H13BrN4/c1-8-5-11(15)6-9(2)13(8)19-14-12(17)10(7-16)3-4-18-14/h3-6H,17H2,1-2H3,(H,18,19). The van der Waals surface area contributed by atoms with Crippen LogP contribution in [0.25, 0.3) is 0 Å². The number of hydrogen-bond donors (Lipinski definition) is 2. The first-order chi connectivity index (χ1) is 9.02. The number of pyridine rings is 1. The molecule has 0 aliphatic carbocycles. The molecule has 0 radical (unpaired) electrons. The minimum atomic E-state index is 0.367. The summed E-state index contributed by atoms with van der Waals surface area (Å²) in [6.45, 7) is 4.01. The van der Waals surface area contributed by atoms with Crippen molar-refractivity contribution in [1.82, 2.24) is 4.98 Å². The smallest absolute Gasteiger partial charge is 0.154 e. The third-order valence-corrected chi connectivity index (χ3v) is 3.31. The van der Waals surface area contributed by atoms with E-state index in [2.05, 4.69) is 26.2 Å². The molecule has 0 atom stereocenters. The highest BCUT2D eigenvalue weighted by molar-refractivity contribution is 9.10. The summed E-state index contributed by atoms with van der Waals surface area (Å²) in [7, 11) is 0. The highest BCUT2D eigenvalue weighted by Gasteiger charge is 2.10. The Bertz CT molecular complexity index is 651. The number of nitriles is 1. The van der Waals surface area contributed by atoms with Gasteiger partial charge in [0.2, 0.25) is 0 Å². The fourth-order valence-electron chi connectivity index (χ4n) is 1.90. The van der Waals surface area contributed by atoms with Gasteiger partial charge in [0, 0.05) is 16.4 Å². The van der Waals surface area contributed by atoms with Gasteiger partial charge in [-0.1, -0.05) is 15.9 Å². The summed E-state index contributed by atoms with van der Waals surface area (Å²) >= 11 is 3.46. The lowest BCUT2D eigenvalue weighted by atomic mass is 10.1. The molecule has 0 saturated carbocycles. The van der Waals surface area contributed by atoms with Crippen molar-refractivity contribution < 1.29 is 0 Å². The summed E-state index contributed by atoms with van der Waals surface area (Å²) in [5.74, 6) is 0.507. The molecular weight excluding hydrogens is 304 g/mol. The van der Waals surface area contributed by atoms with Gasteiger partial charge in [0.05, 0.1) is 11.3 Å². The van der Waals surface area contributed by atoms with Gasteiger partial charge in [-0.2, -0.15) is 5.26 Å². The van der Waals surface area contributed by atoms with E-state index < -0.39 is 0 Å². The second-order valence-electron chi connectivity index (χ2n) is 4.27. The zero-order valence-corrected chi connectivity index (χ0v) is 12.2. The summed E-state index contributed by atoms with van der Waals surface area (Å²) in [4.78, 5) is 4.19. The number of aromatic nitrogens is 1. The summed E-state index contributed by atoms with van der Waals surface area (Å²) in [6.07, 6.45) is 1.57. The van der Waals surface area contributed by atoms with Crippen LogP contribution in [0, 0.1) is 25.2 Å². The van der Waals surface area contributed by atoms with Gasteiger partial charge in [-0.05, 0) is 43.2 Å². The van der Waals surface area contributed by atoms with Crippen molar-refractivity contribution >= 4 is 33.1 Å². The minimum absolute atomic E-state index is 0.367. The molecule has 3 N–H and O–H groups in total. The molecule has 0 unspecified atom stereocenters. The van der Waals surface area contributed by atoms with Crippen LogP contribution >= 0.6 is 15.9 Å². The van der Waals surface area contributed by atoms with E-state index in [9.17, 15) is 0 Å². The normalized spacial score (nSPS) is 10.0. The van der Waals surface area contributed by atoms with E-state index in [0.29, 0.717) is 17.1 Å². The molecule has 4 nitrogen and oxygen atoms in total. The molecule has 5 heteroatoms. The van der Waals surface area contributed by atoms with Gasteiger partial charge in [-0.25, -0.2) is 4.98 Å². The van der Waals surface area contributed by atoms with E-state index >= 15 is 0 Å². The van der Waals surface area contributed by atoms with Crippen LogP contribution in [-0.2, 0) is 0 Å². The number of rotatable bonds is 2. The third kappa shape index (κ3) is 2.69. The van der Waals surface area contributed by atoms with Crippen molar-refractivity contribution in [3.63, 3.8) is 0 Å². The van der Waals surface area contributed by atoms with Crippen LogP contribution < -0.4 is 11.1 Å². The largest absolute Gasteiger partial charge is 0.395 e. The van der Waals surface area contributed by atoms with Crippen molar-refractivity contribution in [2.45, 2.75) is 13.8 Å². The Morgan fingerprint density at radius 3 is 2.53 bits per heavy atom. The highest BCUT2D eigenvalue weighted by atomic mass is 79.9. The van der Waals surface area contributed by atoms with E-state index in [1.807, 2.05) is 32.0 Å². The molecule has 2 aromatic rings. The number of hydrogen-bond acceptors (Lipinski definition) is 4. The first kappa shape index (κ1) is 13.4. The minimum Gasteiger partial charge on any atom is -0.395 e. The number of aryl methyl sites for hydroxylation is 2. The number of nitrogens with two attached hydrogens (primary N) is 1. The SMILES string of the molecule is Cc1cc(Br)cc(C)c1Nc1nccc(C#N)c1N. The van der Waals surface area contributed by atoms with Crippen LogP contribution in [-0.4, -0.2) is 4.98 Å². The monoisotopic (exact) mass is 316 g/mol. The Balaban J connectivity index is 2.46. The molecule has 0 fully saturated rings. The van der Waals surface area contributed by atoms with E-state index in [1.54, 1.807) is 12.3 Å². The van der Waals surface area contributed by atoms with Gasteiger partial charge < -0.3 is 11.1 Å². The fraction of sp³-hybridized carbons (Fsp3) is 0.143. The van der Waals surface area contributed by atoms with Gasteiger partial charge in [0.15, 0.2) is 5.82 Å². The molecule has 2 rings (SSSR count). The van der Waals surface area contributed by atoms with Crippen LogP contribution in [0.2, 0.25) is 0 Å². The lowest BCUT2D eigenvalue weighted by Gasteiger charge is -2.14. The summed E-state index contributed by atoms with van der Waals surface area (Å²) in [5, 5.41) is 12.2. The molecule has 96 valence electrons. The Labute approximate surface area is 120 Å². The average Bonchev–Trinajstić information content (AvgIpc) is 2.35. The quantitative estimate of drug-likeness (QED) is 0.886. The van der Waals surface area contributed by atoms with Crippen LogP contribution in [0.1, 0.15) is 16.7 Å². The molecule has 19 heavy (non-hydrogen) atoms. The molecular formula is C14H13BrN4. The second kappa shape index (κ2) is 5.29. The van der Waals surface area contributed by atoms with Gasteiger partial charge in [-0.3, -0.25) is 0 Å². The van der Waals surface area contributed by atoms with Crippen molar-refractivity contribution in [2.24, 2.45) is 0 Å². The Morgan fingerprint density at radius 2 is 1.95 bits per heavy atom.